The van der Waals surface area contributed by atoms with Crippen LogP contribution in [0.15, 0.2) is 106 Å². The molecule has 8 unspecified atom stereocenters. The van der Waals surface area contributed by atoms with Crippen molar-refractivity contribution in [3.63, 3.8) is 0 Å². The molecular weight excluding hydrogens is 1440 g/mol. The topological polar surface area (TPSA) is 81.2 Å². The fourth-order valence-electron chi connectivity index (χ4n) is 13.1. The van der Waals surface area contributed by atoms with Gasteiger partial charge in [-0.3, -0.25) is 19.2 Å². The third kappa shape index (κ3) is 19.0. The number of carbonyl (C=O) groups is 4. The molecule has 0 saturated carbocycles. The van der Waals surface area contributed by atoms with E-state index in [-0.39, 0.29) is 52.5 Å². The Morgan fingerprint density at radius 1 is 0.394 bits per heavy atom. The third-order valence-electron chi connectivity index (χ3n) is 18.7. The number of unbranched alkanes of at least 4 members (excludes halogenated alkanes) is 4. The predicted molar refractivity (Wildman–Crippen MR) is 440 cm³/mol. The molecule has 18 heteroatoms. The van der Waals surface area contributed by atoms with Crippen molar-refractivity contribution >= 4 is 173 Å². The zero-order valence-electron chi connectivity index (χ0n) is 55.9. The Hall–Kier alpha value is -2.82. The van der Waals surface area contributed by atoms with Crippen LogP contribution in [0.3, 0.4) is 0 Å². The molecule has 10 rings (SSSR count). The highest BCUT2D eigenvalue weighted by Crippen LogP contribution is 2.86. The molecule has 4 aliphatic heterocycles. The van der Waals surface area contributed by atoms with Gasteiger partial charge in [0, 0.05) is 76.9 Å². The van der Waals surface area contributed by atoms with Gasteiger partial charge >= 0.3 is 0 Å². The van der Waals surface area contributed by atoms with E-state index in [9.17, 15) is 19.2 Å². The standard InChI is InChI=1S/C42H50N2O2S2.C32H40Br2N2O2.2CH4.H8P6/c1-7-11-13-29(9-3)25-43-34-23-27(5)15-18-32(34)39(41(43)45)40-33-19-17-31(36-21-22-38(48-36)37-20-16-28(6)47-37)24-35(33)44(42(40)46)26-30(10-4)14-12-8-2;1-5-9-11-21(7-3)19-35-27-17-23(33)13-15-25(27)29(31(35)37)30-26-16-14-24(34)18-28(26)36(32(30)38)20-22(8-4)12-10-6-2;;;1-5(2)6(3)4/h15-24,29-30H,7-14,25-26H2,1-6H3;13-18,21-22H,5-12,19-20H2,1-4H3;2*1H4;1-4H2/b40-39+;30-29+;;;. The largest absolute Gasteiger partial charge is 0.307 e. The summed E-state index contributed by atoms with van der Waals surface area (Å²) >= 11 is 10.9. The minimum atomic E-state index is -0.0508. The van der Waals surface area contributed by atoms with E-state index in [4.69, 9.17) is 0 Å². The van der Waals surface area contributed by atoms with Crippen molar-refractivity contribution in [1.29, 1.82) is 0 Å². The average molecular weight is 1550 g/mol. The van der Waals surface area contributed by atoms with Crippen LogP contribution in [-0.4, -0.2) is 49.8 Å². The average Bonchev–Trinajstić information content (AvgIpc) is 1.58. The van der Waals surface area contributed by atoms with Gasteiger partial charge < -0.3 is 19.6 Å². The van der Waals surface area contributed by atoms with E-state index in [1.54, 1.807) is 11.3 Å². The van der Waals surface area contributed by atoms with Crippen LogP contribution in [0.4, 0.5) is 22.7 Å². The fourth-order valence-corrected chi connectivity index (χ4v) is 15.8. The molecule has 6 heterocycles. The summed E-state index contributed by atoms with van der Waals surface area (Å²) in [6, 6.07) is 33.5. The maximum atomic E-state index is 14.8. The summed E-state index contributed by atoms with van der Waals surface area (Å²) < 4.78 is 1.87. The maximum absolute atomic E-state index is 14.8. The molecule has 0 aliphatic carbocycles. The Bertz CT molecular complexity index is 3540. The highest BCUT2D eigenvalue weighted by Gasteiger charge is 2.45. The molecular formula is C76H106Br2N4O4P6S2. The summed E-state index contributed by atoms with van der Waals surface area (Å²) in [6.07, 6.45) is 17.7. The van der Waals surface area contributed by atoms with Gasteiger partial charge in [-0.15, -0.1) is 58.4 Å². The first kappa shape index (κ1) is 80.2. The van der Waals surface area contributed by atoms with E-state index >= 15 is 0 Å². The lowest BCUT2D eigenvalue weighted by molar-refractivity contribution is -0.114. The van der Waals surface area contributed by atoms with E-state index < -0.39 is 0 Å². The Morgan fingerprint density at radius 3 is 1.03 bits per heavy atom. The fraction of sp³-hybridized carbons (Fsp3) is 0.474. The van der Waals surface area contributed by atoms with Crippen molar-refractivity contribution in [3.8, 4) is 20.2 Å². The Labute approximate surface area is 602 Å². The number of thiophene rings is 2. The van der Waals surface area contributed by atoms with Crippen molar-refractivity contribution in [2.45, 2.75) is 187 Å². The van der Waals surface area contributed by atoms with Crippen LogP contribution in [0.2, 0.25) is 0 Å². The molecule has 8 nitrogen and oxygen atoms in total. The summed E-state index contributed by atoms with van der Waals surface area (Å²) in [5, 5.41) is 0. The molecule has 4 aliphatic rings. The number of carbonyl (C=O) groups excluding carboxylic acids is 4. The lowest BCUT2D eigenvalue weighted by Gasteiger charge is -2.24. The van der Waals surface area contributed by atoms with E-state index in [0.29, 0.717) is 72.1 Å². The second-order valence-corrected chi connectivity index (χ2v) is 49.2. The number of halogens is 2. The molecule has 4 amide bonds. The zero-order chi connectivity index (χ0) is 66.5. The third-order valence-corrected chi connectivity index (χ3v) is 43.4. The number of hydrogen-bond donors (Lipinski definition) is 0. The number of nitrogens with zero attached hydrogens (tertiary/aromatic N) is 4. The number of anilines is 4. The number of benzene rings is 4. The monoisotopic (exact) mass is 1550 g/mol. The summed E-state index contributed by atoms with van der Waals surface area (Å²) in [6.45, 7) is 25.0. The minimum absolute atomic E-state index is 0. The number of aryl methyl sites for hydroxylation is 2. The van der Waals surface area contributed by atoms with Crippen molar-refractivity contribution in [2.75, 3.05) is 45.8 Å². The van der Waals surface area contributed by atoms with Crippen molar-refractivity contribution in [1.82, 2.24) is 0 Å². The molecule has 2 aromatic heterocycles. The summed E-state index contributed by atoms with van der Waals surface area (Å²) in [4.78, 5) is 70.7. The lowest BCUT2D eigenvalue weighted by atomic mass is 9.95. The quantitative estimate of drug-likeness (QED) is 0.0380. The smallest absolute Gasteiger partial charge is 0.259 e. The molecule has 94 heavy (non-hydrogen) atoms. The van der Waals surface area contributed by atoms with Crippen LogP contribution >= 0.6 is 104 Å². The van der Waals surface area contributed by atoms with Gasteiger partial charge in [0.1, 0.15) is 0 Å². The molecule has 0 N–H and O–H groups in total. The van der Waals surface area contributed by atoms with Crippen molar-refractivity contribution < 1.29 is 19.2 Å². The Balaban J connectivity index is 0.000000275. The van der Waals surface area contributed by atoms with Gasteiger partial charge in [-0.1, -0.05) is 216 Å². The number of hydrogen-bond acceptors (Lipinski definition) is 6. The molecule has 0 spiro atoms. The van der Waals surface area contributed by atoms with Crippen LogP contribution in [0.1, 0.15) is 206 Å². The highest BCUT2D eigenvalue weighted by molar-refractivity contribution is 9.10. The molecule has 8 atom stereocenters. The Morgan fingerprint density at radius 2 is 0.702 bits per heavy atom. The lowest BCUT2D eigenvalue weighted by Crippen LogP contribution is -2.34. The normalized spacial score (nSPS) is 16.7. The molecule has 0 radical (unpaired) electrons. The molecule has 0 bridgehead atoms. The zero-order valence-corrected chi connectivity index (χ0v) is 67.1. The first-order valence-corrected chi connectivity index (χ1v) is 46.7. The van der Waals surface area contributed by atoms with E-state index in [0.717, 1.165) is 168 Å². The first-order valence-electron chi connectivity index (χ1n) is 33.6. The van der Waals surface area contributed by atoms with Crippen LogP contribution in [-0.2, 0) is 19.2 Å². The highest BCUT2D eigenvalue weighted by atomic mass is 79.9. The maximum Gasteiger partial charge on any atom is 0.259 e. The number of amides is 4. The molecule has 0 saturated heterocycles. The van der Waals surface area contributed by atoms with Gasteiger partial charge in [-0.05, 0) is 149 Å². The van der Waals surface area contributed by atoms with E-state index in [1.807, 2.05) is 67.3 Å². The second kappa shape index (κ2) is 38.1. The van der Waals surface area contributed by atoms with E-state index in [2.05, 4.69) is 197 Å². The van der Waals surface area contributed by atoms with Crippen LogP contribution in [0.25, 0.3) is 42.5 Å². The summed E-state index contributed by atoms with van der Waals surface area (Å²) in [7, 11) is 11.2. The first-order chi connectivity index (χ1) is 44.2. The SMILES string of the molecule is C.C.CCCCC(CC)CN1C(=O)/C(=C2/C(=O)N(CC(CC)CCCC)c3cc(-c4ccc(-c5ccc(C)s5)s4)ccc32)c2ccc(C)cc21.CCCCC(CC)CN1C(=O)/C(=C2/C(=O)N(CC(CC)CCCC)c3cc(Br)ccc32)c2ccc(Br)cc21.PP(P)P(P)P. The van der Waals surface area contributed by atoms with Crippen LogP contribution in [0, 0.1) is 37.5 Å². The van der Waals surface area contributed by atoms with Gasteiger partial charge in [0.25, 0.3) is 23.6 Å². The van der Waals surface area contributed by atoms with Gasteiger partial charge in [-0.25, -0.2) is 0 Å². The van der Waals surface area contributed by atoms with Gasteiger partial charge in [0.15, 0.2) is 0 Å². The van der Waals surface area contributed by atoms with Crippen molar-refractivity contribution in [3.05, 3.63) is 139 Å². The van der Waals surface area contributed by atoms with Crippen molar-refractivity contribution in [2.24, 2.45) is 23.7 Å². The van der Waals surface area contributed by atoms with Gasteiger partial charge in [0.2, 0.25) is 0 Å². The second-order valence-electron chi connectivity index (χ2n) is 25.2. The summed E-state index contributed by atoms with van der Waals surface area (Å²) in [5.74, 6) is 1.52. The Kier molecular flexibility index (Phi) is 32.5. The summed E-state index contributed by atoms with van der Waals surface area (Å²) in [5.41, 5.74) is 11.7. The molecule has 0 fully saturated rings. The predicted octanol–water partition coefficient (Wildman–Crippen LogP) is 25.3. The molecule has 4 aromatic carbocycles. The molecule has 6 aromatic rings. The van der Waals surface area contributed by atoms with Crippen LogP contribution in [0.5, 0.6) is 0 Å². The van der Waals surface area contributed by atoms with Gasteiger partial charge in [0.05, 0.1) is 45.0 Å². The van der Waals surface area contributed by atoms with E-state index in [1.165, 1.54) is 19.5 Å². The molecule has 510 valence electrons. The number of rotatable bonds is 27. The van der Waals surface area contributed by atoms with Gasteiger partial charge in [-0.2, -0.15) is 0 Å². The number of fused-ring (bicyclic) bond motifs is 4. The minimum Gasteiger partial charge on any atom is -0.307 e. The van der Waals surface area contributed by atoms with Crippen LogP contribution < -0.4 is 19.6 Å².